The monoisotopic (exact) mass is 489 g/mol. The SMILES string of the molecule is Cc1ccc(S(=O)(=O)NCCC(=O)OCC(=O)Nc2ccc(C(F)(F)F)cc2[N+](=O)[O-])cc1. The average molecular weight is 489 g/mol. The van der Waals surface area contributed by atoms with Gasteiger partial charge >= 0.3 is 12.1 Å². The van der Waals surface area contributed by atoms with Crippen LogP contribution in [0.25, 0.3) is 0 Å². The lowest BCUT2D eigenvalue weighted by atomic mass is 10.1. The van der Waals surface area contributed by atoms with Gasteiger partial charge in [-0.25, -0.2) is 13.1 Å². The van der Waals surface area contributed by atoms with Crippen LogP contribution in [-0.4, -0.2) is 38.4 Å². The summed E-state index contributed by atoms with van der Waals surface area (Å²) in [6.45, 7) is 0.578. The molecular formula is C19H18F3N3O7S. The zero-order valence-electron chi connectivity index (χ0n) is 17.0. The number of rotatable bonds is 9. The lowest BCUT2D eigenvalue weighted by Gasteiger charge is -2.10. The van der Waals surface area contributed by atoms with Gasteiger partial charge in [0.2, 0.25) is 10.0 Å². The number of anilines is 1. The number of hydrogen-bond acceptors (Lipinski definition) is 7. The van der Waals surface area contributed by atoms with Gasteiger partial charge in [-0.1, -0.05) is 17.7 Å². The third kappa shape index (κ3) is 7.54. The number of benzene rings is 2. The molecule has 2 aromatic rings. The van der Waals surface area contributed by atoms with Gasteiger partial charge in [0, 0.05) is 12.6 Å². The molecule has 2 aromatic carbocycles. The van der Waals surface area contributed by atoms with Gasteiger partial charge in [-0.3, -0.25) is 19.7 Å². The second-order valence-corrected chi connectivity index (χ2v) is 8.42. The Labute approximate surface area is 185 Å². The number of sulfonamides is 1. The Balaban J connectivity index is 1.86. The number of nitro groups is 1. The molecule has 0 fully saturated rings. The fourth-order valence-electron chi connectivity index (χ4n) is 2.46. The number of aryl methyl sites for hydroxylation is 1. The zero-order chi connectivity index (χ0) is 24.8. The predicted octanol–water partition coefficient (Wildman–Crippen LogP) is 2.77. The normalized spacial score (nSPS) is 11.6. The van der Waals surface area contributed by atoms with Crippen molar-refractivity contribution in [3.63, 3.8) is 0 Å². The van der Waals surface area contributed by atoms with Gasteiger partial charge < -0.3 is 10.1 Å². The van der Waals surface area contributed by atoms with Gasteiger partial charge in [-0.15, -0.1) is 0 Å². The van der Waals surface area contributed by atoms with Crippen LogP contribution in [0.2, 0.25) is 0 Å². The number of nitrogens with zero attached hydrogens (tertiary/aromatic N) is 1. The molecule has 10 nitrogen and oxygen atoms in total. The molecule has 0 spiro atoms. The van der Waals surface area contributed by atoms with Crippen molar-refractivity contribution >= 4 is 33.3 Å². The Hall–Kier alpha value is -3.52. The highest BCUT2D eigenvalue weighted by Crippen LogP contribution is 2.34. The summed E-state index contributed by atoms with van der Waals surface area (Å²) in [5, 5.41) is 13.0. The molecule has 0 saturated carbocycles. The van der Waals surface area contributed by atoms with E-state index in [9.17, 15) is 41.3 Å². The third-order valence-electron chi connectivity index (χ3n) is 4.11. The molecule has 0 unspecified atom stereocenters. The molecular weight excluding hydrogens is 471 g/mol. The Kier molecular flexibility index (Phi) is 8.11. The lowest BCUT2D eigenvalue weighted by molar-refractivity contribution is -0.384. The molecule has 0 bridgehead atoms. The molecule has 33 heavy (non-hydrogen) atoms. The van der Waals surface area contributed by atoms with Crippen LogP contribution in [0.15, 0.2) is 47.4 Å². The molecule has 0 radical (unpaired) electrons. The Bertz CT molecular complexity index is 1150. The van der Waals surface area contributed by atoms with E-state index in [0.717, 1.165) is 5.56 Å². The van der Waals surface area contributed by atoms with E-state index >= 15 is 0 Å². The van der Waals surface area contributed by atoms with Crippen molar-refractivity contribution in [3.8, 4) is 0 Å². The van der Waals surface area contributed by atoms with Crippen LogP contribution in [0.5, 0.6) is 0 Å². The number of carbonyl (C=O) groups is 2. The van der Waals surface area contributed by atoms with E-state index in [1.54, 1.807) is 19.1 Å². The first-order chi connectivity index (χ1) is 15.3. The number of amides is 1. The van der Waals surface area contributed by atoms with Gasteiger partial charge in [0.1, 0.15) is 5.69 Å². The maximum Gasteiger partial charge on any atom is 0.416 e. The fraction of sp³-hybridized carbons (Fsp3) is 0.263. The van der Waals surface area contributed by atoms with Crippen LogP contribution in [0.1, 0.15) is 17.5 Å². The van der Waals surface area contributed by atoms with Crippen LogP contribution in [-0.2, 0) is 30.5 Å². The van der Waals surface area contributed by atoms with Crippen molar-refractivity contribution in [2.24, 2.45) is 0 Å². The molecule has 0 saturated heterocycles. The van der Waals surface area contributed by atoms with Gasteiger partial charge in [0.15, 0.2) is 6.61 Å². The molecule has 0 aromatic heterocycles. The average Bonchev–Trinajstić information content (AvgIpc) is 2.71. The van der Waals surface area contributed by atoms with Crippen LogP contribution in [0, 0.1) is 17.0 Å². The van der Waals surface area contributed by atoms with Crippen LogP contribution in [0.3, 0.4) is 0 Å². The van der Waals surface area contributed by atoms with E-state index < -0.39 is 63.0 Å². The van der Waals surface area contributed by atoms with Gasteiger partial charge in [0.25, 0.3) is 11.6 Å². The van der Waals surface area contributed by atoms with E-state index in [2.05, 4.69) is 9.46 Å². The van der Waals surface area contributed by atoms with E-state index in [1.807, 2.05) is 5.32 Å². The summed E-state index contributed by atoms with van der Waals surface area (Å²) in [5.74, 6) is -1.98. The number of nitrogens with one attached hydrogen (secondary N) is 2. The summed E-state index contributed by atoms with van der Waals surface area (Å²) < 4.78 is 69.2. The van der Waals surface area contributed by atoms with E-state index in [1.165, 1.54) is 12.1 Å². The molecule has 0 aliphatic heterocycles. The first-order valence-corrected chi connectivity index (χ1v) is 10.7. The van der Waals surface area contributed by atoms with Crippen LogP contribution >= 0.6 is 0 Å². The van der Waals surface area contributed by atoms with Crippen molar-refractivity contribution in [2.45, 2.75) is 24.4 Å². The van der Waals surface area contributed by atoms with Crippen molar-refractivity contribution in [3.05, 3.63) is 63.7 Å². The second kappa shape index (κ2) is 10.4. The molecule has 2 N–H and O–H groups in total. The smallest absolute Gasteiger partial charge is 0.416 e. The number of hydrogen-bond donors (Lipinski definition) is 2. The number of carbonyl (C=O) groups excluding carboxylic acids is 2. The summed E-state index contributed by atoms with van der Waals surface area (Å²) in [5.41, 5.74) is -1.92. The molecule has 1 amide bonds. The largest absolute Gasteiger partial charge is 0.456 e. The summed E-state index contributed by atoms with van der Waals surface area (Å²) in [6, 6.07) is 7.50. The predicted molar refractivity (Wildman–Crippen MR) is 109 cm³/mol. The van der Waals surface area contributed by atoms with Crippen LogP contribution in [0.4, 0.5) is 24.5 Å². The molecule has 14 heteroatoms. The molecule has 0 aliphatic rings. The highest BCUT2D eigenvalue weighted by molar-refractivity contribution is 7.89. The quantitative estimate of drug-likeness (QED) is 0.313. The van der Waals surface area contributed by atoms with Crippen molar-refractivity contribution in [2.75, 3.05) is 18.5 Å². The van der Waals surface area contributed by atoms with Crippen molar-refractivity contribution in [1.82, 2.24) is 4.72 Å². The minimum Gasteiger partial charge on any atom is -0.456 e. The standard InChI is InChI=1S/C19H18F3N3O7S/c1-12-2-5-14(6-3-12)33(30,31)23-9-8-18(27)32-11-17(26)24-15-7-4-13(19(20,21)22)10-16(15)25(28)29/h2-7,10,23H,8-9,11H2,1H3,(H,24,26). The number of nitro benzene ring substituents is 1. The van der Waals surface area contributed by atoms with Crippen molar-refractivity contribution < 1.29 is 40.8 Å². The fourth-order valence-corrected chi connectivity index (χ4v) is 3.49. The van der Waals surface area contributed by atoms with Crippen LogP contribution < -0.4 is 10.0 Å². The minimum atomic E-state index is -4.82. The highest BCUT2D eigenvalue weighted by Gasteiger charge is 2.33. The molecule has 0 heterocycles. The zero-order valence-corrected chi connectivity index (χ0v) is 17.8. The third-order valence-corrected chi connectivity index (χ3v) is 5.59. The Morgan fingerprint density at radius 2 is 1.76 bits per heavy atom. The van der Waals surface area contributed by atoms with Gasteiger partial charge in [-0.2, -0.15) is 13.2 Å². The lowest BCUT2D eigenvalue weighted by Crippen LogP contribution is -2.28. The van der Waals surface area contributed by atoms with Crippen molar-refractivity contribution in [1.29, 1.82) is 0 Å². The van der Waals surface area contributed by atoms with E-state index in [0.29, 0.717) is 12.1 Å². The topological polar surface area (TPSA) is 145 Å². The summed E-state index contributed by atoms with van der Waals surface area (Å²) in [4.78, 5) is 33.5. The highest BCUT2D eigenvalue weighted by atomic mass is 32.2. The maximum atomic E-state index is 12.7. The summed E-state index contributed by atoms with van der Waals surface area (Å²) in [7, 11) is -3.85. The number of ether oxygens (including phenoxy) is 1. The minimum absolute atomic E-state index is 0.000943. The summed E-state index contributed by atoms with van der Waals surface area (Å²) >= 11 is 0. The maximum absolute atomic E-state index is 12.7. The first kappa shape index (κ1) is 25.7. The van der Waals surface area contributed by atoms with E-state index in [4.69, 9.17) is 0 Å². The molecule has 178 valence electrons. The second-order valence-electron chi connectivity index (χ2n) is 6.66. The molecule has 0 atom stereocenters. The van der Waals surface area contributed by atoms with Gasteiger partial charge in [-0.05, 0) is 31.2 Å². The number of alkyl halides is 3. The number of halogens is 3. The first-order valence-electron chi connectivity index (χ1n) is 9.17. The molecule has 2 rings (SSSR count). The molecule has 0 aliphatic carbocycles. The Morgan fingerprint density at radius 3 is 2.33 bits per heavy atom. The van der Waals surface area contributed by atoms with E-state index in [-0.39, 0.29) is 17.5 Å². The number of esters is 1. The van der Waals surface area contributed by atoms with Gasteiger partial charge in [0.05, 0.1) is 21.8 Å². The Morgan fingerprint density at radius 1 is 1.12 bits per heavy atom. The summed E-state index contributed by atoms with van der Waals surface area (Å²) in [6.07, 6.45) is -5.23.